The standard InChI is InChI=1S/C20H32O4/c1-4-7-9-11-13-17-23-19(21)15-16-20(22)24-18(6-3)14-12-10-8-5-2/h15-16,18H,4-9,11,13-14,17H2,1-3H3/b16-15+. The highest BCUT2D eigenvalue weighted by molar-refractivity contribution is 5.91. The Labute approximate surface area is 147 Å². The van der Waals surface area contributed by atoms with Crippen molar-refractivity contribution in [2.24, 2.45) is 0 Å². The van der Waals surface area contributed by atoms with Crippen LogP contribution in [-0.2, 0) is 19.1 Å². The van der Waals surface area contributed by atoms with Crippen molar-refractivity contribution in [1.82, 2.24) is 0 Å². The fourth-order valence-corrected chi connectivity index (χ4v) is 1.93. The van der Waals surface area contributed by atoms with Crippen molar-refractivity contribution in [2.45, 2.75) is 84.7 Å². The van der Waals surface area contributed by atoms with E-state index in [4.69, 9.17) is 9.47 Å². The van der Waals surface area contributed by atoms with Gasteiger partial charge < -0.3 is 9.47 Å². The molecular formula is C20H32O4. The lowest BCUT2D eigenvalue weighted by atomic mass is 10.2. The second-order valence-electron chi connectivity index (χ2n) is 5.69. The predicted molar refractivity (Wildman–Crippen MR) is 96.3 cm³/mol. The van der Waals surface area contributed by atoms with Crippen molar-refractivity contribution < 1.29 is 19.1 Å². The first-order valence-corrected chi connectivity index (χ1v) is 9.15. The molecule has 0 bridgehead atoms. The molecule has 0 aliphatic carbocycles. The first-order valence-electron chi connectivity index (χ1n) is 9.15. The Morgan fingerprint density at radius 2 is 1.62 bits per heavy atom. The maximum Gasteiger partial charge on any atom is 0.331 e. The second-order valence-corrected chi connectivity index (χ2v) is 5.69. The van der Waals surface area contributed by atoms with Gasteiger partial charge in [-0.05, 0) is 19.3 Å². The van der Waals surface area contributed by atoms with E-state index in [2.05, 4.69) is 25.7 Å². The molecule has 1 unspecified atom stereocenters. The van der Waals surface area contributed by atoms with E-state index >= 15 is 0 Å². The van der Waals surface area contributed by atoms with Gasteiger partial charge in [-0.2, -0.15) is 0 Å². The molecule has 0 rings (SSSR count). The van der Waals surface area contributed by atoms with Crippen LogP contribution in [-0.4, -0.2) is 24.6 Å². The van der Waals surface area contributed by atoms with Crippen molar-refractivity contribution in [3.8, 4) is 11.8 Å². The third-order valence-electron chi connectivity index (χ3n) is 3.42. The van der Waals surface area contributed by atoms with Crippen LogP contribution in [0.25, 0.3) is 0 Å². The largest absolute Gasteiger partial charge is 0.463 e. The van der Waals surface area contributed by atoms with E-state index < -0.39 is 11.9 Å². The molecule has 0 spiro atoms. The molecule has 0 fully saturated rings. The Hall–Kier alpha value is -1.76. The minimum Gasteiger partial charge on any atom is -0.463 e. The van der Waals surface area contributed by atoms with Crippen LogP contribution in [0.15, 0.2) is 12.2 Å². The summed E-state index contributed by atoms with van der Waals surface area (Å²) in [6, 6.07) is 0. The Balaban J connectivity index is 3.96. The summed E-state index contributed by atoms with van der Waals surface area (Å²) in [6.07, 6.45) is 10.6. The summed E-state index contributed by atoms with van der Waals surface area (Å²) in [4.78, 5) is 23.2. The first kappa shape index (κ1) is 22.2. The lowest BCUT2D eigenvalue weighted by Gasteiger charge is -2.11. The molecule has 0 heterocycles. The van der Waals surface area contributed by atoms with Gasteiger partial charge in [-0.1, -0.05) is 52.4 Å². The van der Waals surface area contributed by atoms with Gasteiger partial charge in [0.15, 0.2) is 0 Å². The molecule has 1 atom stereocenters. The highest BCUT2D eigenvalue weighted by atomic mass is 16.5. The quantitative estimate of drug-likeness (QED) is 0.227. The van der Waals surface area contributed by atoms with Crippen LogP contribution in [0.1, 0.15) is 78.6 Å². The molecule has 0 aromatic heterocycles. The van der Waals surface area contributed by atoms with E-state index in [1.165, 1.54) is 12.8 Å². The number of carbonyl (C=O) groups is 2. The minimum atomic E-state index is -0.529. The molecule has 0 saturated heterocycles. The van der Waals surface area contributed by atoms with Crippen molar-refractivity contribution in [3.63, 3.8) is 0 Å². The molecule has 24 heavy (non-hydrogen) atoms. The normalized spacial score (nSPS) is 11.6. The van der Waals surface area contributed by atoms with Gasteiger partial charge in [-0.3, -0.25) is 0 Å². The third kappa shape index (κ3) is 13.9. The smallest absolute Gasteiger partial charge is 0.331 e. The molecule has 4 heteroatoms. The zero-order chi connectivity index (χ0) is 18.0. The zero-order valence-corrected chi connectivity index (χ0v) is 15.4. The molecule has 0 aliphatic rings. The Kier molecular flexibility index (Phi) is 14.9. The summed E-state index contributed by atoms with van der Waals surface area (Å²) in [5.41, 5.74) is 0. The molecule has 4 nitrogen and oxygen atoms in total. The summed E-state index contributed by atoms with van der Waals surface area (Å²) in [7, 11) is 0. The number of hydrogen-bond acceptors (Lipinski definition) is 4. The van der Waals surface area contributed by atoms with E-state index in [1.807, 2.05) is 6.92 Å². The Morgan fingerprint density at radius 3 is 2.29 bits per heavy atom. The van der Waals surface area contributed by atoms with Crippen LogP contribution in [0.4, 0.5) is 0 Å². The van der Waals surface area contributed by atoms with Crippen LogP contribution >= 0.6 is 0 Å². The average molecular weight is 336 g/mol. The lowest BCUT2D eigenvalue weighted by molar-refractivity contribution is -0.144. The van der Waals surface area contributed by atoms with Gasteiger partial charge in [0.25, 0.3) is 0 Å². The van der Waals surface area contributed by atoms with Gasteiger partial charge in [-0.15, -0.1) is 5.92 Å². The van der Waals surface area contributed by atoms with Gasteiger partial charge >= 0.3 is 11.9 Å². The number of carbonyl (C=O) groups excluding carboxylic acids is 2. The van der Waals surface area contributed by atoms with Crippen LogP contribution in [0.2, 0.25) is 0 Å². The lowest BCUT2D eigenvalue weighted by Crippen LogP contribution is -2.15. The van der Waals surface area contributed by atoms with E-state index in [0.717, 1.165) is 44.3 Å². The Bertz CT molecular complexity index is 429. The summed E-state index contributed by atoms with van der Waals surface area (Å²) >= 11 is 0. The molecule has 0 N–H and O–H groups in total. The number of unbranched alkanes of at least 4 members (excludes halogenated alkanes) is 5. The van der Waals surface area contributed by atoms with Gasteiger partial charge in [0.05, 0.1) is 6.61 Å². The van der Waals surface area contributed by atoms with E-state index in [1.54, 1.807) is 0 Å². The number of ether oxygens (including phenoxy) is 2. The van der Waals surface area contributed by atoms with Crippen molar-refractivity contribution in [2.75, 3.05) is 6.61 Å². The van der Waals surface area contributed by atoms with E-state index in [9.17, 15) is 9.59 Å². The molecule has 0 saturated carbocycles. The maximum atomic E-state index is 11.7. The SMILES string of the molecule is CCCC#CCC(CC)OC(=O)/C=C/C(=O)OCCCCCCC. The highest BCUT2D eigenvalue weighted by Crippen LogP contribution is 2.05. The second kappa shape index (κ2) is 16.1. The summed E-state index contributed by atoms with van der Waals surface area (Å²) in [6.45, 7) is 6.56. The van der Waals surface area contributed by atoms with E-state index in [0.29, 0.717) is 19.4 Å². The molecule has 136 valence electrons. The number of rotatable bonds is 12. The predicted octanol–water partition coefficient (Wildman–Crippen LogP) is 4.57. The highest BCUT2D eigenvalue weighted by Gasteiger charge is 2.09. The van der Waals surface area contributed by atoms with Gasteiger partial charge in [0, 0.05) is 25.0 Å². The third-order valence-corrected chi connectivity index (χ3v) is 3.42. The minimum absolute atomic E-state index is 0.235. The molecule has 0 aromatic rings. The zero-order valence-electron chi connectivity index (χ0n) is 15.4. The first-order chi connectivity index (χ1) is 11.6. The van der Waals surface area contributed by atoms with Crippen molar-refractivity contribution in [1.29, 1.82) is 0 Å². The van der Waals surface area contributed by atoms with Crippen molar-refractivity contribution in [3.05, 3.63) is 12.2 Å². The van der Waals surface area contributed by atoms with Crippen LogP contribution in [0, 0.1) is 11.8 Å². The monoisotopic (exact) mass is 336 g/mol. The fraction of sp³-hybridized carbons (Fsp3) is 0.700. The molecular weight excluding hydrogens is 304 g/mol. The maximum absolute atomic E-state index is 11.7. The average Bonchev–Trinajstić information content (AvgIpc) is 2.58. The number of esters is 2. The molecule has 0 amide bonds. The number of hydrogen-bond donors (Lipinski definition) is 0. The van der Waals surface area contributed by atoms with Gasteiger partial charge in [0.2, 0.25) is 0 Å². The summed E-state index contributed by atoms with van der Waals surface area (Å²) in [5.74, 6) is 5.01. The van der Waals surface area contributed by atoms with Crippen LogP contribution < -0.4 is 0 Å². The van der Waals surface area contributed by atoms with Crippen LogP contribution in [0.5, 0.6) is 0 Å². The fourth-order valence-electron chi connectivity index (χ4n) is 1.93. The van der Waals surface area contributed by atoms with E-state index in [-0.39, 0.29) is 6.10 Å². The molecule has 0 aliphatic heterocycles. The summed E-state index contributed by atoms with van der Waals surface area (Å²) < 4.78 is 10.3. The summed E-state index contributed by atoms with van der Waals surface area (Å²) in [5, 5.41) is 0. The topological polar surface area (TPSA) is 52.6 Å². The van der Waals surface area contributed by atoms with Crippen LogP contribution in [0.3, 0.4) is 0 Å². The molecule has 0 radical (unpaired) electrons. The van der Waals surface area contributed by atoms with Gasteiger partial charge in [-0.25, -0.2) is 9.59 Å². The molecule has 0 aromatic carbocycles. The van der Waals surface area contributed by atoms with Gasteiger partial charge in [0.1, 0.15) is 6.10 Å². The Morgan fingerprint density at radius 1 is 0.917 bits per heavy atom. The van der Waals surface area contributed by atoms with Crippen molar-refractivity contribution >= 4 is 11.9 Å².